The molecule has 7 heterocycles. The number of hydrogen-bond donors (Lipinski definition) is 16. The van der Waals surface area contributed by atoms with Gasteiger partial charge in [-0.3, -0.25) is 48.5 Å². The zero-order valence-corrected chi connectivity index (χ0v) is 69.5. The van der Waals surface area contributed by atoms with Crippen LogP contribution in [0.2, 0.25) is 10.0 Å². The van der Waals surface area contributed by atoms with E-state index in [1.807, 2.05) is 13.8 Å². The molecule has 658 valence electrons. The van der Waals surface area contributed by atoms with Crippen LogP contribution in [0.4, 0.5) is 0 Å². The Balaban J connectivity index is 0.966. The van der Waals surface area contributed by atoms with E-state index in [1.54, 1.807) is 6.92 Å². The summed E-state index contributed by atoms with van der Waals surface area (Å²) in [6, 6.07) is 12.3. The number of carbonyl (C=O) groups is 9. The van der Waals surface area contributed by atoms with Gasteiger partial charge >= 0.3 is 0 Å². The van der Waals surface area contributed by atoms with Crippen molar-refractivity contribution in [2.45, 2.75) is 209 Å². The summed E-state index contributed by atoms with van der Waals surface area (Å²) in [6.07, 6.45) is -15.8. The maximum absolute atomic E-state index is 16.8. The third kappa shape index (κ3) is 19.2. The van der Waals surface area contributed by atoms with Crippen LogP contribution in [-0.4, -0.2) is 191 Å². The molecule has 4 saturated carbocycles. The van der Waals surface area contributed by atoms with Gasteiger partial charge < -0.3 is 111 Å². The van der Waals surface area contributed by atoms with E-state index in [1.165, 1.54) is 80.6 Å². The molecule has 11 aliphatic rings. The molecule has 2 saturated heterocycles. The summed E-state index contributed by atoms with van der Waals surface area (Å²) in [7, 11) is 0. The first-order chi connectivity index (χ1) is 58.5. The number of aliphatic hydroxyl groups excluding tert-OH is 7. The highest BCUT2D eigenvalue weighted by atomic mass is 35.5. The maximum atomic E-state index is 16.8. The van der Waals surface area contributed by atoms with Crippen molar-refractivity contribution in [3.05, 3.63) is 147 Å². The van der Waals surface area contributed by atoms with Crippen LogP contribution >= 0.6 is 23.2 Å². The Hall–Kier alpha value is -9.91. The van der Waals surface area contributed by atoms with Crippen LogP contribution in [-0.2, 0) is 52.6 Å². The molecule has 7 aliphatic heterocycles. The lowest BCUT2D eigenvalue weighted by molar-refractivity contribution is -0.333. The minimum atomic E-state index is -2.27. The molecule has 32 nitrogen and oxygen atoms in total. The standard InChI is InChI=1S/C89H102Cl2N6O26/c1-6-42(19-38(2)3)83(112)96-74-61(103)28-50(31-69(106)93-84(113)43-7-12-52(13-8-43)117-18-17-98)85(114)94-72-49-29-66(119-64-15-10-45(76(74)107)26-57(64)90)80(123-88-81(79(110)78(109)68(37-99)121-88)122-70-36-89(5,92)82(111)39(4)118-70)67(30-49)120-65-16-11-46(27-58(65)91)77(108)75-87(116)95-73(63(105)34-53-47-21-40-20-41(23-47)24-48(53)22-40)56-32-51(100)33-60(102)71(56)55-25-44(9-14-59(55)101)54(35-62(72)104)86(115)97-75/h7-16,25-27,29-30,32-33,38-42,47-48,50,53-54,68,70,72-79,81-82,88,98-102,107-111H,6,17-24,28,31,34-37,92H2,1-5H3,(H,94,114)(H,95,116)(H,96,112)(H,97,115)(H,93,106,113)/t39-,40?,41?,42+,47?,48?,50-,53?,54+,68+,70-,72+,73-,74-,75-,76+,77+,78+,79-,81+,82+,88-,89-/m0/s1. The van der Waals surface area contributed by atoms with Crippen LogP contribution in [0.25, 0.3) is 11.1 Å². The van der Waals surface area contributed by atoms with Crippen LogP contribution in [0, 0.1) is 47.3 Å². The number of nitrogens with two attached hydrogens (primary N) is 1. The number of Topliss-reactive ketones (excluding diaryl/α,β-unsaturated/α-hetero) is 3. The Morgan fingerprint density at radius 3 is 1.93 bits per heavy atom. The van der Waals surface area contributed by atoms with E-state index in [-0.39, 0.29) is 122 Å². The van der Waals surface area contributed by atoms with Crippen molar-refractivity contribution in [3.8, 4) is 62.9 Å². The van der Waals surface area contributed by atoms with Crippen LogP contribution in [0.3, 0.4) is 0 Å². The van der Waals surface area contributed by atoms with Crippen LogP contribution in [0.15, 0.2) is 103 Å². The fourth-order valence-corrected chi connectivity index (χ4v) is 19.6. The number of phenols is 3. The number of aliphatic hydroxyl groups is 7. The number of amides is 6. The lowest BCUT2D eigenvalue weighted by Crippen LogP contribution is -2.64. The Morgan fingerprint density at radius 2 is 1.33 bits per heavy atom. The summed E-state index contributed by atoms with van der Waals surface area (Å²) < 4.78 is 44.6. The number of nitrogens with one attached hydrogen (secondary N) is 5. The average molecular weight is 1740 g/mol. The first-order valence-electron chi connectivity index (χ1n) is 41.5. The number of hydrogen-bond acceptors (Lipinski definition) is 27. The summed E-state index contributed by atoms with van der Waals surface area (Å²) in [5, 5.41) is 129. The van der Waals surface area contributed by atoms with Crippen molar-refractivity contribution >= 4 is 76.0 Å². The zero-order valence-electron chi connectivity index (χ0n) is 68.0. The van der Waals surface area contributed by atoms with Gasteiger partial charge in [-0.1, -0.05) is 62.2 Å². The van der Waals surface area contributed by atoms with E-state index in [0.29, 0.717) is 18.3 Å². The molecule has 34 heteroatoms. The molecule has 15 bridgehead atoms. The molecule has 4 aliphatic carbocycles. The van der Waals surface area contributed by atoms with Crippen molar-refractivity contribution in [3.63, 3.8) is 0 Å². The Morgan fingerprint density at radius 1 is 0.683 bits per heavy atom. The number of aromatic hydroxyl groups is 3. The van der Waals surface area contributed by atoms with Gasteiger partial charge in [0.15, 0.2) is 41.2 Å². The minimum Gasteiger partial charge on any atom is -0.508 e. The number of carbonyl (C=O) groups excluding carboxylic acids is 9. The number of phenolic OH excluding ortho intramolecular Hbond substituents is 3. The number of ketones is 3. The molecule has 0 unspecified atom stereocenters. The molecule has 6 aromatic carbocycles. The largest absolute Gasteiger partial charge is 0.508 e. The fourth-order valence-electron chi connectivity index (χ4n) is 19.1. The van der Waals surface area contributed by atoms with Gasteiger partial charge in [0, 0.05) is 66.3 Å². The van der Waals surface area contributed by atoms with Gasteiger partial charge in [0.1, 0.15) is 95.8 Å². The predicted octanol–water partition coefficient (Wildman–Crippen LogP) is 7.31. The molecular formula is C89H102Cl2N6O26. The maximum Gasteiger partial charge on any atom is 0.257 e. The number of fused-ring (bicyclic) bond motifs is 15. The van der Waals surface area contributed by atoms with E-state index in [4.69, 9.17) is 62.1 Å². The molecule has 17 N–H and O–H groups in total. The molecule has 0 aromatic heterocycles. The highest BCUT2D eigenvalue weighted by Crippen LogP contribution is 2.59. The lowest BCUT2D eigenvalue weighted by Gasteiger charge is -2.54. The first kappa shape index (κ1) is 89.4. The predicted molar refractivity (Wildman–Crippen MR) is 438 cm³/mol. The minimum absolute atomic E-state index is 0.0596. The van der Waals surface area contributed by atoms with Gasteiger partial charge in [-0.05, 0) is 201 Å². The van der Waals surface area contributed by atoms with Crippen molar-refractivity contribution in [2.24, 2.45) is 53.1 Å². The van der Waals surface area contributed by atoms with E-state index in [9.17, 15) is 65.4 Å². The molecule has 18 atom stereocenters. The summed E-state index contributed by atoms with van der Waals surface area (Å²) >= 11 is 14.5. The zero-order chi connectivity index (χ0) is 88.1. The number of halogens is 2. The summed E-state index contributed by atoms with van der Waals surface area (Å²) in [4.78, 5) is 140. The van der Waals surface area contributed by atoms with Gasteiger partial charge in [-0.2, -0.15) is 0 Å². The normalized spacial score (nSPS) is 30.8. The van der Waals surface area contributed by atoms with Crippen LogP contribution < -0.4 is 51.3 Å². The van der Waals surface area contributed by atoms with Crippen LogP contribution in [0.1, 0.15) is 180 Å². The Kier molecular flexibility index (Phi) is 27.0. The molecule has 123 heavy (non-hydrogen) atoms. The van der Waals surface area contributed by atoms with Gasteiger partial charge in [-0.25, -0.2) is 0 Å². The van der Waals surface area contributed by atoms with E-state index in [2.05, 4.69) is 26.6 Å². The first-order valence-corrected chi connectivity index (χ1v) is 42.2. The van der Waals surface area contributed by atoms with Crippen molar-refractivity contribution in [1.82, 2.24) is 26.6 Å². The second-order valence-corrected chi connectivity index (χ2v) is 35.3. The molecule has 0 radical (unpaired) electrons. The SMILES string of the molecule is CC[C@H](CC(C)C)C(=O)N[C@H]1C(=O)C[C@@H](CC(=O)NC(=O)c2ccc(OCCO)cc2)C(=O)N[C@H]2C(=O)C[C@H]3C(=O)N[C@H](C(=O)N[C@H](C(=O)CC4C5CC6CC(C5)CC4C6)c4cc(O)cc(O)c4-c4cc3ccc4O)[C@H](O)c3ccc(c(Cl)c3)Oc3cc2cc(c3O[C@@H]2O[C@H](CO)[C@@H](O)[C@H](O)[C@H]2O[C@H]2C[C@](C)(N)[C@H](O)[C@H](C)O2)Oc2ccc(cc2Cl)[C@H]1O. The lowest BCUT2D eigenvalue weighted by atomic mass is 9.51. The highest BCUT2D eigenvalue weighted by molar-refractivity contribution is 6.32. The molecule has 0 spiro atoms. The number of benzene rings is 6. The second kappa shape index (κ2) is 37.1. The van der Waals surface area contributed by atoms with Crippen molar-refractivity contribution < 1.29 is 127 Å². The summed E-state index contributed by atoms with van der Waals surface area (Å²) in [6.45, 7) is 7.11. The van der Waals surface area contributed by atoms with Gasteiger partial charge in [0.2, 0.25) is 41.6 Å². The summed E-state index contributed by atoms with van der Waals surface area (Å²) in [5.74, 6) is -17.2. The molecule has 6 fully saturated rings. The Bertz CT molecular complexity index is 5020. The third-order valence-corrected chi connectivity index (χ3v) is 25.9. The number of imide groups is 1. The Labute approximate surface area is 717 Å². The molecule has 17 rings (SSSR count). The van der Waals surface area contributed by atoms with E-state index in [0.717, 1.165) is 68.5 Å². The molecule has 6 amide bonds. The second-order valence-electron chi connectivity index (χ2n) is 34.5. The van der Waals surface area contributed by atoms with Gasteiger partial charge in [0.05, 0.1) is 47.3 Å². The van der Waals surface area contributed by atoms with E-state index < -0.39 is 228 Å². The van der Waals surface area contributed by atoms with Crippen molar-refractivity contribution in [1.29, 1.82) is 0 Å². The topological polar surface area (TPSA) is 507 Å². The number of ether oxygens (including phenoxy) is 7. The third-order valence-electron chi connectivity index (χ3n) is 25.3. The fraction of sp³-hybridized carbons (Fsp3) is 0.494. The van der Waals surface area contributed by atoms with Crippen molar-refractivity contribution in [2.75, 3.05) is 19.8 Å². The van der Waals surface area contributed by atoms with E-state index >= 15 is 28.8 Å². The van der Waals surface area contributed by atoms with Gasteiger partial charge in [0.25, 0.3) is 5.91 Å². The average Bonchev–Trinajstić information content (AvgIpc) is 0.760. The summed E-state index contributed by atoms with van der Waals surface area (Å²) in [5.41, 5.74) is 3.37. The highest BCUT2D eigenvalue weighted by Gasteiger charge is 2.53. The quantitative estimate of drug-likeness (QED) is 0.0378. The number of rotatable bonds is 19. The molecule has 6 aromatic rings. The van der Waals surface area contributed by atoms with Crippen LogP contribution in [0.5, 0.6) is 51.7 Å². The monoisotopic (exact) mass is 1740 g/mol. The van der Waals surface area contributed by atoms with Gasteiger partial charge in [-0.15, -0.1) is 0 Å². The smallest absolute Gasteiger partial charge is 0.257 e. The molecular weight excluding hydrogens is 1640 g/mol.